The fraction of sp³-hybridized carbons (Fsp3) is 0.444. The molecule has 0 saturated heterocycles. The Hall–Kier alpha value is -1.50. The maximum absolute atomic E-state index is 2.39. The molecule has 0 spiro atoms. The minimum atomic E-state index is 0.559. The standard InChI is InChI=1S/C18H23N/c1-13(2)16-7-6-8-17(14(3)15-9-10-15)18(16)19-11-4-5-12-19/h4-8,11-15H,9-10H2,1-3H3/t14-/m1/s1. The summed E-state index contributed by atoms with van der Waals surface area (Å²) in [4.78, 5) is 0. The number of nitrogens with zero attached hydrogens (tertiary/aromatic N) is 1. The molecule has 3 rings (SSSR count). The van der Waals surface area contributed by atoms with Crippen LogP contribution in [0.15, 0.2) is 42.7 Å². The van der Waals surface area contributed by atoms with Crippen molar-refractivity contribution in [2.24, 2.45) is 5.92 Å². The van der Waals surface area contributed by atoms with Crippen molar-refractivity contribution < 1.29 is 0 Å². The summed E-state index contributed by atoms with van der Waals surface area (Å²) in [5.74, 6) is 2.14. The molecule has 1 aliphatic rings. The first-order valence-corrected chi connectivity index (χ1v) is 7.44. The Labute approximate surface area is 116 Å². The van der Waals surface area contributed by atoms with E-state index in [1.54, 1.807) is 0 Å². The topological polar surface area (TPSA) is 4.93 Å². The molecule has 1 aromatic carbocycles. The highest BCUT2D eigenvalue weighted by molar-refractivity contribution is 5.52. The van der Waals surface area contributed by atoms with Crippen molar-refractivity contribution >= 4 is 0 Å². The zero-order valence-electron chi connectivity index (χ0n) is 12.1. The molecule has 1 aromatic heterocycles. The molecule has 0 amide bonds. The Morgan fingerprint density at radius 1 is 0.947 bits per heavy atom. The third-order valence-corrected chi connectivity index (χ3v) is 4.40. The van der Waals surface area contributed by atoms with Crippen LogP contribution in [0.25, 0.3) is 5.69 Å². The fourth-order valence-electron chi connectivity index (χ4n) is 3.05. The highest BCUT2D eigenvalue weighted by atomic mass is 14.9. The molecule has 1 nitrogen and oxygen atoms in total. The molecule has 1 heteroatoms. The summed E-state index contributed by atoms with van der Waals surface area (Å²) in [5.41, 5.74) is 4.40. The summed E-state index contributed by atoms with van der Waals surface area (Å²) in [6.45, 7) is 6.96. The average molecular weight is 253 g/mol. The molecule has 1 atom stereocenters. The minimum absolute atomic E-state index is 0.559. The van der Waals surface area contributed by atoms with Gasteiger partial charge in [0.25, 0.3) is 0 Å². The van der Waals surface area contributed by atoms with Crippen LogP contribution in [-0.4, -0.2) is 4.57 Å². The van der Waals surface area contributed by atoms with E-state index in [2.05, 4.69) is 68.1 Å². The van der Waals surface area contributed by atoms with Gasteiger partial charge in [-0.15, -0.1) is 0 Å². The van der Waals surface area contributed by atoms with Crippen LogP contribution in [-0.2, 0) is 0 Å². The molecule has 0 unspecified atom stereocenters. The van der Waals surface area contributed by atoms with Crippen molar-refractivity contribution in [2.45, 2.75) is 45.4 Å². The van der Waals surface area contributed by atoms with E-state index in [0.717, 1.165) is 5.92 Å². The highest BCUT2D eigenvalue weighted by Crippen LogP contribution is 2.44. The second-order valence-corrected chi connectivity index (χ2v) is 6.16. The average Bonchev–Trinajstić information content (AvgIpc) is 3.12. The second kappa shape index (κ2) is 4.88. The van der Waals surface area contributed by atoms with Gasteiger partial charge in [0.1, 0.15) is 0 Å². The van der Waals surface area contributed by atoms with Gasteiger partial charge >= 0.3 is 0 Å². The van der Waals surface area contributed by atoms with Gasteiger partial charge in [-0.3, -0.25) is 0 Å². The van der Waals surface area contributed by atoms with Crippen molar-refractivity contribution in [3.05, 3.63) is 53.9 Å². The van der Waals surface area contributed by atoms with Gasteiger partial charge in [-0.05, 0) is 53.9 Å². The largest absolute Gasteiger partial charge is 0.323 e. The van der Waals surface area contributed by atoms with Gasteiger partial charge < -0.3 is 4.57 Å². The summed E-state index contributed by atoms with van der Waals surface area (Å²) in [5, 5.41) is 0. The van der Waals surface area contributed by atoms with E-state index in [9.17, 15) is 0 Å². The van der Waals surface area contributed by atoms with Crippen LogP contribution in [0.1, 0.15) is 56.6 Å². The molecule has 0 aliphatic heterocycles. The Kier molecular flexibility index (Phi) is 3.22. The molecular formula is C18H23N. The first kappa shape index (κ1) is 12.5. The predicted molar refractivity (Wildman–Crippen MR) is 81.0 cm³/mol. The quantitative estimate of drug-likeness (QED) is 0.713. The van der Waals surface area contributed by atoms with Crippen LogP contribution in [0.4, 0.5) is 0 Å². The molecule has 0 N–H and O–H groups in total. The number of benzene rings is 1. The second-order valence-electron chi connectivity index (χ2n) is 6.16. The van der Waals surface area contributed by atoms with Gasteiger partial charge in [0.15, 0.2) is 0 Å². The normalized spacial score (nSPS) is 16.8. The van der Waals surface area contributed by atoms with Gasteiger partial charge in [0.2, 0.25) is 0 Å². The molecule has 0 bridgehead atoms. The van der Waals surface area contributed by atoms with Crippen LogP contribution >= 0.6 is 0 Å². The lowest BCUT2D eigenvalue weighted by Crippen LogP contribution is -2.07. The zero-order valence-corrected chi connectivity index (χ0v) is 12.1. The first-order valence-electron chi connectivity index (χ1n) is 7.44. The number of para-hydroxylation sites is 1. The number of aromatic nitrogens is 1. The minimum Gasteiger partial charge on any atom is -0.323 e. The van der Waals surface area contributed by atoms with Crippen molar-refractivity contribution in [2.75, 3.05) is 0 Å². The van der Waals surface area contributed by atoms with Crippen molar-refractivity contribution in [3.63, 3.8) is 0 Å². The highest BCUT2D eigenvalue weighted by Gasteiger charge is 2.31. The van der Waals surface area contributed by atoms with Gasteiger partial charge in [-0.1, -0.05) is 39.0 Å². The van der Waals surface area contributed by atoms with E-state index in [1.807, 2.05) is 0 Å². The lowest BCUT2D eigenvalue weighted by atomic mass is 9.89. The summed E-state index contributed by atoms with van der Waals surface area (Å²) in [7, 11) is 0. The van der Waals surface area contributed by atoms with Gasteiger partial charge in [-0.25, -0.2) is 0 Å². The Morgan fingerprint density at radius 2 is 1.58 bits per heavy atom. The van der Waals surface area contributed by atoms with Crippen LogP contribution in [0.3, 0.4) is 0 Å². The van der Waals surface area contributed by atoms with E-state index in [4.69, 9.17) is 0 Å². The number of hydrogen-bond acceptors (Lipinski definition) is 0. The molecule has 1 saturated carbocycles. The molecule has 0 radical (unpaired) electrons. The molecule has 2 aromatic rings. The maximum atomic E-state index is 2.39. The number of rotatable bonds is 4. The van der Waals surface area contributed by atoms with Gasteiger partial charge in [-0.2, -0.15) is 0 Å². The van der Waals surface area contributed by atoms with Crippen molar-refractivity contribution in [1.82, 2.24) is 4.57 Å². The fourth-order valence-corrected chi connectivity index (χ4v) is 3.05. The smallest absolute Gasteiger partial charge is 0.0518 e. The third kappa shape index (κ3) is 2.34. The Morgan fingerprint density at radius 3 is 2.16 bits per heavy atom. The van der Waals surface area contributed by atoms with E-state index >= 15 is 0 Å². The van der Waals surface area contributed by atoms with Gasteiger partial charge in [0, 0.05) is 12.4 Å². The monoisotopic (exact) mass is 253 g/mol. The zero-order chi connectivity index (χ0) is 13.4. The van der Waals surface area contributed by atoms with Crippen LogP contribution in [0.2, 0.25) is 0 Å². The summed E-state index contributed by atoms with van der Waals surface area (Å²) in [6.07, 6.45) is 7.14. The van der Waals surface area contributed by atoms with Crippen LogP contribution in [0, 0.1) is 5.92 Å². The van der Waals surface area contributed by atoms with Crippen molar-refractivity contribution in [3.8, 4) is 5.69 Å². The van der Waals surface area contributed by atoms with E-state index in [-0.39, 0.29) is 0 Å². The lowest BCUT2D eigenvalue weighted by Gasteiger charge is -2.22. The van der Waals surface area contributed by atoms with E-state index in [0.29, 0.717) is 11.8 Å². The molecular weight excluding hydrogens is 230 g/mol. The van der Waals surface area contributed by atoms with Crippen LogP contribution in [0.5, 0.6) is 0 Å². The molecule has 1 fully saturated rings. The van der Waals surface area contributed by atoms with E-state index in [1.165, 1.54) is 29.7 Å². The SMILES string of the molecule is CC(C)c1cccc([C@H](C)C2CC2)c1-n1cccc1. The molecule has 1 heterocycles. The third-order valence-electron chi connectivity index (χ3n) is 4.40. The van der Waals surface area contributed by atoms with Crippen molar-refractivity contribution in [1.29, 1.82) is 0 Å². The lowest BCUT2D eigenvalue weighted by molar-refractivity contribution is 0.656. The predicted octanol–water partition coefficient (Wildman–Crippen LogP) is 5.11. The van der Waals surface area contributed by atoms with Gasteiger partial charge in [0.05, 0.1) is 5.69 Å². The summed E-state index contributed by atoms with van der Waals surface area (Å²) >= 11 is 0. The Balaban J connectivity index is 2.15. The Bertz CT molecular complexity index is 547. The maximum Gasteiger partial charge on any atom is 0.0518 e. The van der Waals surface area contributed by atoms with Crippen LogP contribution < -0.4 is 0 Å². The summed E-state index contributed by atoms with van der Waals surface area (Å²) < 4.78 is 2.30. The summed E-state index contributed by atoms with van der Waals surface area (Å²) in [6, 6.07) is 11.1. The number of hydrogen-bond donors (Lipinski definition) is 0. The molecule has 19 heavy (non-hydrogen) atoms. The first-order chi connectivity index (χ1) is 9.18. The molecule has 1 aliphatic carbocycles. The van der Waals surface area contributed by atoms with E-state index < -0.39 is 0 Å². The molecule has 100 valence electrons.